The Morgan fingerprint density at radius 2 is 1.00 bits per heavy atom. The van der Waals surface area contributed by atoms with Gasteiger partial charge in [0.15, 0.2) is 0 Å². The standard InChI is InChI=1S/C68H75BN2S/c1-64(2,3)45-29-32-56(53(39-45)52-26-19-22-42-21-16-17-25-51(42)52)71-57-33-30-47(66(7,8)9)41-55(57)69-61-58(27-20-28-59(61)71)70(62-54-40-46(65(4,5)6)31-34-60(54)72-63(62)69)50-24-18-23-43(37-50)44-35-48(67(10,11)12)38-49(36-44)68(13,14)15/h18-20,22-24,26-41H,16-17,21,25H2,1-15H3. The van der Waals surface area contributed by atoms with E-state index in [4.69, 9.17) is 0 Å². The molecule has 0 atom stereocenters. The molecule has 3 heterocycles. The lowest BCUT2D eigenvalue weighted by Crippen LogP contribution is -2.60. The van der Waals surface area contributed by atoms with E-state index in [0.717, 1.165) is 12.8 Å². The fraction of sp³-hybridized carbons (Fsp3) is 0.353. The maximum Gasteiger partial charge on any atom is 0.264 e. The van der Waals surface area contributed by atoms with Gasteiger partial charge in [-0.1, -0.05) is 183 Å². The first kappa shape index (κ1) is 48.4. The third kappa shape index (κ3) is 8.25. The molecule has 0 unspecified atom stereocenters. The highest BCUT2D eigenvalue weighted by Crippen LogP contribution is 2.51. The van der Waals surface area contributed by atoms with Crippen LogP contribution >= 0.6 is 11.3 Å². The Labute approximate surface area is 436 Å². The Morgan fingerprint density at radius 3 is 1.67 bits per heavy atom. The first-order valence-electron chi connectivity index (χ1n) is 26.8. The predicted octanol–water partition coefficient (Wildman–Crippen LogP) is 17.7. The molecule has 8 aromatic rings. The summed E-state index contributed by atoms with van der Waals surface area (Å²) in [5.41, 5.74) is 25.4. The van der Waals surface area contributed by atoms with Crippen LogP contribution in [0.15, 0.2) is 133 Å². The summed E-state index contributed by atoms with van der Waals surface area (Å²) in [5.74, 6) is 0. The first-order valence-corrected chi connectivity index (χ1v) is 27.6. The normalized spacial score (nSPS) is 14.8. The van der Waals surface area contributed by atoms with E-state index in [1.54, 1.807) is 0 Å². The average molecular weight is 963 g/mol. The summed E-state index contributed by atoms with van der Waals surface area (Å²) in [6, 6.07) is 53.2. The van der Waals surface area contributed by atoms with Crippen molar-refractivity contribution in [2.24, 2.45) is 0 Å². The molecule has 0 fully saturated rings. The summed E-state index contributed by atoms with van der Waals surface area (Å²) >= 11 is 2.00. The van der Waals surface area contributed by atoms with Crippen molar-refractivity contribution < 1.29 is 0 Å². The highest BCUT2D eigenvalue weighted by Gasteiger charge is 2.46. The Kier molecular flexibility index (Phi) is 11.3. The lowest BCUT2D eigenvalue weighted by Gasteiger charge is -2.44. The van der Waals surface area contributed by atoms with Crippen LogP contribution in [-0.4, -0.2) is 6.71 Å². The van der Waals surface area contributed by atoms with Crippen molar-refractivity contribution in [3.05, 3.63) is 172 Å². The van der Waals surface area contributed by atoms with Crippen molar-refractivity contribution in [1.82, 2.24) is 0 Å². The molecular formula is C68H75BN2S. The zero-order valence-electron chi connectivity index (χ0n) is 45.9. The molecule has 7 aromatic carbocycles. The summed E-state index contributed by atoms with van der Waals surface area (Å²) in [6.45, 7) is 35.3. The van der Waals surface area contributed by atoms with Crippen LogP contribution in [0.5, 0.6) is 0 Å². The van der Waals surface area contributed by atoms with Crippen molar-refractivity contribution in [3.8, 4) is 22.3 Å². The van der Waals surface area contributed by atoms with E-state index in [1.165, 1.54) is 134 Å². The number of hydrogen-bond donors (Lipinski definition) is 0. The number of anilines is 6. The molecule has 1 aromatic heterocycles. The molecule has 72 heavy (non-hydrogen) atoms. The van der Waals surface area contributed by atoms with Crippen LogP contribution in [-0.2, 0) is 39.9 Å². The van der Waals surface area contributed by atoms with E-state index in [1.807, 2.05) is 11.3 Å². The lowest BCUT2D eigenvalue weighted by molar-refractivity contribution is 0.569. The number of nitrogens with zero attached hydrogens (tertiary/aromatic N) is 2. The van der Waals surface area contributed by atoms with Gasteiger partial charge < -0.3 is 9.80 Å². The molecule has 11 rings (SSSR count). The number of rotatable bonds is 4. The topological polar surface area (TPSA) is 6.48 Å². The second-order valence-corrected chi connectivity index (χ2v) is 27.7. The zero-order valence-corrected chi connectivity index (χ0v) is 46.7. The van der Waals surface area contributed by atoms with E-state index >= 15 is 0 Å². The quantitative estimate of drug-likeness (QED) is 0.162. The molecule has 0 N–H and O–H groups in total. The molecule has 1 aliphatic carbocycles. The molecule has 0 radical (unpaired) electrons. The molecule has 0 bridgehead atoms. The van der Waals surface area contributed by atoms with Crippen molar-refractivity contribution in [2.75, 3.05) is 9.80 Å². The minimum Gasteiger partial charge on any atom is -0.311 e. The molecule has 0 amide bonds. The minimum atomic E-state index is -0.0365. The Bertz CT molecular complexity index is 3430. The highest BCUT2D eigenvalue weighted by atomic mass is 32.1. The highest BCUT2D eigenvalue weighted by molar-refractivity contribution is 7.33. The van der Waals surface area contributed by atoms with E-state index in [2.05, 4.69) is 247 Å². The number of fused-ring (bicyclic) bond motifs is 7. The molecule has 4 heteroatoms. The summed E-state index contributed by atoms with van der Waals surface area (Å²) in [5, 5.41) is 1.33. The molecule has 3 aliphatic rings. The first-order chi connectivity index (χ1) is 33.9. The SMILES string of the molecule is CC(C)(C)c1cc(-c2cccc(N3c4cccc5c4B(c4cc(C(C)(C)C)ccc4N5c4ccc(C(C)(C)C)cc4-c4cccc5c4CCCC5)c4sc5ccc(C(C)(C)C)cc5c43)c2)cc(C(C)(C)C)c1. The van der Waals surface area contributed by atoms with E-state index in [9.17, 15) is 0 Å². The fourth-order valence-corrected chi connectivity index (χ4v) is 13.1. The second kappa shape index (κ2) is 16.9. The summed E-state index contributed by atoms with van der Waals surface area (Å²) in [6.07, 6.45) is 4.77. The van der Waals surface area contributed by atoms with Gasteiger partial charge in [0.25, 0.3) is 6.71 Å². The Morgan fingerprint density at radius 1 is 0.431 bits per heavy atom. The maximum atomic E-state index is 2.66. The number of hydrogen-bond acceptors (Lipinski definition) is 3. The molecule has 2 nitrogen and oxygen atoms in total. The van der Waals surface area contributed by atoms with Crippen LogP contribution in [0.3, 0.4) is 0 Å². The van der Waals surface area contributed by atoms with Gasteiger partial charge in [0, 0.05) is 43.2 Å². The molecule has 0 saturated heterocycles. The van der Waals surface area contributed by atoms with Crippen LogP contribution in [0.2, 0.25) is 0 Å². The van der Waals surface area contributed by atoms with Crippen LogP contribution in [0.25, 0.3) is 32.3 Å². The average Bonchev–Trinajstić information content (AvgIpc) is 3.70. The van der Waals surface area contributed by atoms with Crippen LogP contribution in [0, 0.1) is 0 Å². The van der Waals surface area contributed by atoms with Gasteiger partial charge in [0.1, 0.15) is 0 Å². The predicted molar refractivity (Wildman–Crippen MR) is 317 cm³/mol. The maximum absolute atomic E-state index is 2.66. The van der Waals surface area contributed by atoms with Gasteiger partial charge in [-0.25, -0.2) is 0 Å². The number of aryl methyl sites for hydroxylation is 1. The van der Waals surface area contributed by atoms with Gasteiger partial charge in [-0.15, -0.1) is 11.3 Å². The van der Waals surface area contributed by atoms with Crippen LogP contribution < -0.4 is 25.5 Å². The minimum absolute atomic E-state index is 0.00582. The van der Waals surface area contributed by atoms with E-state index in [-0.39, 0.29) is 33.8 Å². The van der Waals surface area contributed by atoms with E-state index in [0.29, 0.717) is 0 Å². The molecule has 0 saturated carbocycles. The van der Waals surface area contributed by atoms with Crippen LogP contribution in [0.4, 0.5) is 34.1 Å². The third-order valence-corrected chi connectivity index (χ3v) is 17.4. The number of thiophene rings is 1. The van der Waals surface area contributed by atoms with Gasteiger partial charge in [-0.05, 0) is 174 Å². The summed E-state index contributed by atoms with van der Waals surface area (Å²) in [7, 11) is 0. The largest absolute Gasteiger partial charge is 0.311 e. The molecule has 2 aliphatic heterocycles. The van der Waals surface area contributed by atoms with Gasteiger partial charge in [-0.2, -0.15) is 0 Å². The Balaban J connectivity index is 1.22. The lowest BCUT2D eigenvalue weighted by atomic mass is 9.36. The van der Waals surface area contributed by atoms with Gasteiger partial charge >= 0.3 is 0 Å². The van der Waals surface area contributed by atoms with Crippen molar-refractivity contribution >= 4 is 78.0 Å². The van der Waals surface area contributed by atoms with Crippen molar-refractivity contribution in [2.45, 2.75) is 157 Å². The van der Waals surface area contributed by atoms with E-state index < -0.39 is 0 Å². The molecule has 0 spiro atoms. The smallest absolute Gasteiger partial charge is 0.264 e. The molecular weight excluding hydrogens is 888 g/mol. The summed E-state index contributed by atoms with van der Waals surface area (Å²) in [4.78, 5) is 5.32. The zero-order chi connectivity index (χ0) is 51.0. The third-order valence-electron chi connectivity index (χ3n) is 16.2. The monoisotopic (exact) mass is 963 g/mol. The Hall–Kier alpha value is -5.84. The second-order valence-electron chi connectivity index (χ2n) is 26.6. The van der Waals surface area contributed by atoms with Crippen molar-refractivity contribution in [3.63, 3.8) is 0 Å². The summed E-state index contributed by atoms with van der Waals surface area (Å²) < 4.78 is 2.75. The van der Waals surface area contributed by atoms with Crippen molar-refractivity contribution in [1.29, 1.82) is 0 Å². The van der Waals surface area contributed by atoms with Gasteiger partial charge in [-0.3, -0.25) is 0 Å². The van der Waals surface area contributed by atoms with Crippen LogP contribution in [0.1, 0.15) is 156 Å². The number of benzene rings is 7. The van der Waals surface area contributed by atoms with Gasteiger partial charge in [0.05, 0.1) is 11.4 Å². The fourth-order valence-electron chi connectivity index (χ4n) is 11.8. The van der Waals surface area contributed by atoms with Gasteiger partial charge in [0.2, 0.25) is 0 Å². The molecule has 366 valence electrons.